The minimum absolute atomic E-state index is 0.242. The van der Waals surface area contributed by atoms with Crippen molar-refractivity contribution in [2.24, 2.45) is 5.41 Å². The maximum absolute atomic E-state index is 12.2. The Balaban J connectivity index is 1.68. The maximum atomic E-state index is 12.2. The van der Waals surface area contributed by atoms with E-state index >= 15 is 0 Å². The monoisotopic (exact) mass is 267 g/mol. The summed E-state index contributed by atoms with van der Waals surface area (Å²) in [5, 5.41) is 7.18. The quantitative estimate of drug-likeness (QED) is 0.811. The fourth-order valence-corrected chi connectivity index (χ4v) is 3.00. The minimum Gasteiger partial charge on any atom is -0.342 e. The highest BCUT2D eigenvalue weighted by Gasteiger charge is 2.30. The molecule has 0 saturated carbocycles. The minimum atomic E-state index is -0.242. The third-order valence-electron chi connectivity index (χ3n) is 4.24. The molecule has 0 aliphatic carbocycles. The van der Waals surface area contributed by atoms with Crippen LogP contribution in [0.1, 0.15) is 46.5 Å². The zero-order chi connectivity index (χ0) is 13.9. The van der Waals surface area contributed by atoms with Crippen LogP contribution in [0, 0.1) is 5.41 Å². The van der Waals surface area contributed by atoms with Gasteiger partial charge in [-0.2, -0.15) is 0 Å². The Hall–Kier alpha value is -0.610. The van der Waals surface area contributed by atoms with E-state index in [1.165, 1.54) is 19.4 Å². The van der Waals surface area contributed by atoms with E-state index in [1.54, 1.807) is 0 Å². The summed E-state index contributed by atoms with van der Waals surface area (Å²) in [6, 6.07) is 1.25. The van der Waals surface area contributed by atoms with Crippen molar-refractivity contribution in [3.05, 3.63) is 0 Å². The van der Waals surface area contributed by atoms with Gasteiger partial charge in [0.25, 0.3) is 0 Å². The highest BCUT2D eigenvalue weighted by Crippen LogP contribution is 2.21. The number of nitrogens with zero attached hydrogens (tertiary/aromatic N) is 1. The molecule has 0 aromatic heterocycles. The van der Waals surface area contributed by atoms with Crippen molar-refractivity contribution in [1.82, 2.24) is 15.5 Å². The van der Waals surface area contributed by atoms with Gasteiger partial charge >= 0.3 is 0 Å². The van der Waals surface area contributed by atoms with Crippen LogP contribution in [0.4, 0.5) is 0 Å². The molecule has 1 amide bonds. The molecule has 2 heterocycles. The number of hydrogen-bond donors (Lipinski definition) is 2. The maximum Gasteiger partial charge on any atom is 0.227 e. The Bertz CT molecular complexity index is 297. The number of rotatable bonds is 3. The molecule has 2 aliphatic rings. The smallest absolute Gasteiger partial charge is 0.227 e. The van der Waals surface area contributed by atoms with Crippen LogP contribution in [0.15, 0.2) is 0 Å². The van der Waals surface area contributed by atoms with Gasteiger partial charge in [-0.05, 0) is 32.2 Å². The Morgan fingerprint density at radius 3 is 2.47 bits per heavy atom. The average molecular weight is 267 g/mol. The lowest BCUT2D eigenvalue weighted by molar-refractivity contribution is -0.140. The van der Waals surface area contributed by atoms with Gasteiger partial charge < -0.3 is 15.5 Å². The van der Waals surface area contributed by atoms with Crippen LogP contribution in [0.5, 0.6) is 0 Å². The number of piperidine rings is 1. The molecule has 4 nitrogen and oxygen atoms in total. The lowest BCUT2D eigenvalue weighted by atomic mass is 9.93. The van der Waals surface area contributed by atoms with E-state index in [-0.39, 0.29) is 5.41 Å². The molecule has 0 radical (unpaired) electrons. The number of likely N-dealkylation sites (tertiary alicyclic amines) is 1. The largest absolute Gasteiger partial charge is 0.342 e. The molecule has 0 spiro atoms. The van der Waals surface area contributed by atoms with Gasteiger partial charge in [-0.3, -0.25) is 4.79 Å². The Kier molecular flexibility index (Phi) is 4.85. The second-order valence-corrected chi connectivity index (χ2v) is 7.02. The lowest BCUT2D eigenvalue weighted by Crippen LogP contribution is -2.49. The molecule has 4 heteroatoms. The molecule has 2 rings (SSSR count). The van der Waals surface area contributed by atoms with E-state index in [4.69, 9.17) is 0 Å². The van der Waals surface area contributed by atoms with Crippen molar-refractivity contribution in [3.63, 3.8) is 0 Å². The molecule has 2 aliphatic heterocycles. The molecule has 1 unspecified atom stereocenters. The molecule has 2 saturated heterocycles. The summed E-state index contributed by atoms with van der Waals surface area (Å²) >= 11 is 0. The second-order valence-electron chi connectivity index (χ2n) is 7.02. The first kappa shape index (κ1) is 14.8. The zero-order valence-corrected chi connectivity index (χ0v) is 12.7. The van der Waals surface area contributed by atoms with E-state index in [0.717, 1.165) is 32.5 Å². The molecule has 19 heavy (non-hydrogen) atoms. The number of hydrogen-bond acceptors (Lipinski definition) is 3. The van der Waals surface area contributed by atoms with Crippen molar-refractivity contribution in [2.75, 3.05) is 26.2 Å². The standard InChI is InChI=1S/C15H29N3O/c1-15(2,3)14(19)18-9-6-12(7-10-18)17-11-13-5-4-8-16-13/h12-13,16-17H,4-11H2,1-3H3. The topological polar surface area (TPSA) is 44.4 Å². The molecular weight excluding hydrogens is 238 g/mol. The van der Waals surface area contributed by atoms with Crippen LogP contribution < -0.4 is 10.6 Å². The zero-order valence-electron chi connectivity index (χ0n) is 12.7. The summed E-state index contributed by atoms with van der Waals surface area (Å²) in [6.45, 7) is 10.1. The van der Waals surface area contributed by atoms with Crippen molar-refractivity contribution in [1.29, 1.82) is 0 Å². The first-order valence-electron chi connectivity index (χ1n) is 7.73. The Morgan fingerprint density at radius 2 is 1.95 bits per heavy atom. The van der Waals surface area contributed by atoms with E-state index in [9.17, 15) is 4.79 Å². The summed E-state index contributed by atoms with van der Waals surface area (Å²) in [7, 11) is 0. The predicted molar refractivity (Wildman–Crippen MR) is 78.1 cm³/mol. The summed E-state index contributed by atoms with van der Waals surface area (Å²) in [5.41, 5.74) is -0.242. The molecule has 2 fully saturated rings. The summed E-state index contributed by atoms with van der Waals surface area (Å²) < 4.78 is 0. The molecular formula is C15H29N3O. The van der Waals surface area contributed by atoms with Crippen LogP contribution >= 0.6 is 0 Å². The molecule has 0 aromatic rings. The SMILES string of the molecule is CC(C)(C)C(=O)N1CCC(NCC2CCCN2)CC1. The highest BCUT2D eigenvalue weighted by molar-refractivity contribution is 5.81. The van der Waals surface area contributed by atoms with Crippen LogP contribution in [-0.2, 0) is 4.79 Å². The van der Waals surface area contributed by atoms with Gasteiger partial charge in [0.1, 0.15) is 0 Å². The molecule has 0 bridgehead atoms. The normalized spacial score (nSPS) is 25.8. The van der Waals surface area contributed by atoms with Crippen LogP contribution in [-0.4, -0.2) is 49.1 Å². The number of carbonyl (C=O) groups is 1. The second kappa shape index (κ2) is 6.23. The number of nitrogens with one attached hydrogen (secondary N) is 2. The third-order valence-corrected chi connectivity index (χ3v) is 4.24. The summed E-state index contributed by atoms with van der Waals surface area (Å²) in [5.74, 6) is 0.295. The lowest BCUT2D eigenvalue weighted by Gasteiger charge is -2.36. The van der Waals surface area contributed by atoms with Gasteiger partial charge in [0, 0.05) is 37.1 Å². The molecule has 110 valence electrons. The first-order chi connectivity index (χ1) is 8.97. The summed E-state index contributed by atoms with van der Waals surface area (Å²) in [6.07, 6.45) is 4.79. The van der Waals surface area contributed by atoms with E-state index in [2.05, 4.69) is 10.6 Å². The molecule has 0 aromatic carbocycles. The van der Waals surface area contributed by atoms with Gasteiger partial charge in [0.2, 0.25) is 5.91 Å². The third kappa shape index (κ3) is 4.18. The molecule has 1 atom stereocenters. The first-order valence-corrected chi connectivity index (χ1v) is 7.73. The predicted octanol–water partition coefficient (Wildman–Crippen LogP) is 1.37. The van der Waals surface area contributed by atoms with Crippen molar-refractivity contribution in [3.8, 4) is 0 Å². The van der Waals surface area contributed by atoms with Gasteiger partial charge in [-0.15, -0.1) is 0 Å². The summed E-state index contributed by atoms with van der Waals surface area (Å²) in [4.78, 5) is 14.2. The average Bonchev–Trinajstić information content (AvgIpc) is 2.88. The van der Waals surface area contributed by atoms with Crippen molar-refractivity contribution in [2.45, 2.75) is 58.5 Å². The van der Waals surface area contributed by atoms with E-state index in [0.29, 0.717) is 18.0 Å². The van der Waals surface area contributed by atoms with Crippen molar-refractivity contribution < 1.29 is 4.79 Å². The van der Waals surface area contributed by atoms with Crippen molar-refractivity contribution >= 4 is 5.91 Å². The van der Waals surface area contributed by atoms with Crippen LogP contribution in [0.25, 0.3) is 0 Å². The van der Waals surface area contributed by atoms with E-state index < -0.39 is 0 Å². The van der Waals surface area contributed by atoms with E-state index in [1.807, 2.05) is 25.7 Å². The van der Waals surface area contributed by atoms with Gasteiger partial charge in [0.15, 0.2) is 0 Å². The number of carbonyl (C=O) groups excluding carboxylic acids is 1. The van der Waals surface area contributed by atoms with Gasteiger partial charge in [-0.25, -0.2) is 0 Å². The van der Waals surface area contributed by atoms with Crippen LogP contribution in [0.3, 0.4) is 0 Å². The fraction of sp³-hybridized carbons (Fsp3) is 0.933. The Morgan fingerprint density at radius 1 is 1.26 bits per heavy atom. The van der Waals surface area contributed by atoms with Gasteiger partial charge in [-0.1, -0.05) is 20.8 Å². The highest BCUT2D eigenvalue weighted by atomic mass is 16.2. The fourth-order valence-electron chi connectivity index (χ4n) is 3.00. The Labute approximate surface area is 117 Å². The number of amides is 1. The van der Waals surface area contributed by atoms with Crippen LogP contribution in [0.2, 0.25) is 0 Å². The van der Waals surface area contributed by atoms with Gasteiger partial charge in [0.05, 0.1) is 0 Å². The molecule has 2 N–H and O–H groups in total.